The molecule has 202 valence electrons. The van der Waals surface area contributed by atoms with Crippen LogP contribution < -0.4 is 14.8 Å². The molecular formula is C30H35FN2O5. The highest BCUT2D eigenvalue weighted by Gasteiger charge is 2.30. The Kier molecular flexibility index (Phi) is 11.1. The largest absolute Gasteiger partial charge is 0.493 e. The molecule has 0 spiro atoms. The summed E-state index contributed by atoms with van der Waals surface area (Å²) in [6.07, 6.45) is 1.03. The van der Waals surface area contributed by atoms with Gasteiger partial charge in [-0.15, -0.1) is 0 Å². The Morgan fingerprint density at radius 3 is 2.21 bits per heavy atom. The van der Waals surface area contributed by atoms with Gasteiger partial charge in [0.25, 0.3) is 0 Å². The number of methoxy groups -OCH3 is 3. The second-order valence-electron chi connectivity index (χ2n) is 8.86. The highest BCUT2D eigenvalue weighted by molar-refractivity contribution is 5.88. The number of amides is 2. The smallest absolute Gasteiger partial charge is 0.243 e. The van der Waals surface area contributed by atoms with Crippen molar-refractivity contribution in [3.63, 3.8) is 0 Å². The van der Waals surface area contributed by atoms with Crippen LogP contribution in [0.2, 0.25) is 0 Å². The molecule has 7 nitrogen and oxygen atoms in total. The summed E-state index contributed by atoms with van der Waals surface area (Å²) >= 11 is 0. The molecule has 0 bridgehead atoms. The van der Waals surface area contributed by atoms with Crippen LogP contribution in [0.5, 0.6) is 11.5 Å². The van der Waals surface area contributed by atoms with E-state index in [1.54, 1.807) is 49.5 Å². The average Bonchev–Trinajstić information content (AvgIpc) is 2.94. The van der Waals surface area contributed by atoms with Gasteiger partial charge in [0.2, 0.25) is 11.8 Å². The Hall–Kier alpha value is -3.91. The summed E-state index contributed by atoms with van der Waals surface area (Å²) in [7, 11) is 4.69. The van der Waals surface area contributed by atoms with Gasteiger partial charge in [0.15, 0.2) is 11.5 Å². The third kappa shape index (κ3) is 8.31. The molecule has 0 aliphatic rings. The standard InChI is InChI=1S/C30H35FN2O5/c1-36-17-7-16-32-30(35)26(18-22-8-5-4-6-9-22)33(21-23-10-13-25(31)14-11-23)29(34)20-24-12-15-27(37-2)28(19-24)38-3/h4-6,8-15,19,26H,7,16-18,20-21H2,1-3H3,(H,32,35)/t26-/m0/s1. The fourth-order valence-corrected chi connectivity index (χ4v) is 4.15. The number of hydrogen-bond acceptors (Lipinski definition) is 5. The van der Waals surface area contributed by atoms with E-state index in [4.69, 9.17) is 14.2 Å². The Morgan fingerprint density at radius 2 is 1.55 bits per heavy atom. The fourth-order valence-electron chi connectivity index (χ4n) is 4.15. The van der Waals surface area contributed by atoms with E-state index in [1.807, 2.05) is 30.3 Å². The van der Waals surface area contributed by atoms with Gasteiger partial charge in [-0.1, -0.05) is 48.5 Å². The number of nitrogens with one attached hydrogen (secondary N) is 1. The first-order chi connectivity index (χ1) is 18.4. The molecule has 0 aromatic heterocycles. The fraction of sp³-hybridized carbons (Fsp3) is 0.333. The van der Waals surface area contributed by atoms with Crippen LogP contribution in [0.1, 0.15) is 23.1 Å². The topological polar surface area (TPSA) is 77.1 Å². The van der Waals surface area contributed by atoms with E-state index in [9.17, 15) is 14.0 Å². The Balaban J connectivity index is 1.93. The van der Waals surface area contributed by atoms with Gasteiger partial charge in [0.1, 0.15) is 11.9 Å². The first kappa shape index (κ1) is 28.7. The molecule has 38 heavy (non-hydrogen) atoms. The van der Waals surface area contributed by atoms with E-state index in [0.717, 1.165) is 16.7 Å². The van der Waals surface area contributed by atoms with Gasteiger partial charge in [0, 0.05) is 33.2 Å². The Bertz CT molecular complexity index is 1170. The number of carbonyl (C=O) groups excluding carboxylic acids is 2. The van der Waals surface area contributed by atoms with Crippen molar-refractivity contribution < 1.29 is 28.2 Å². The summed E-state index contributed by atoms with van der Waals surface area (Å²) < 4.78 is 29.4. The maximum absolute atomic E-state index is 13.8. The second-order valence-corrected chi connectivity index (χ2v) is 8.86. The molecule has 0 unspecified atom stereocenters. The zero-order chi connectivity index (χ0) is 27.3. The van der Waals surface area contributed by atoms with E-state index in [-0.39, 0.29) is 30.6 Å². The van der Waals surface area contributed by atoms with E-state index in [0.29, 0.717) is 37.5 Å². The molecule has 0 heterocycles. The summed E-state index contributed by atoms with van der Waals surface area (Å²) in [5.74, 6) is 0.208. The highest BCUT2D eigenvalue weighted by atomic mass is 19.1. The first-order valence-electron chi connectivity index (χ1n) is 12.5. The zero-order valence-electron chi connectivity index (χ0n) is 22.1. The number of nitrogens with zero attached hydrogens (tertiary/aromatic N) is 1. The number of rotatable bonds is 14. The number of ether oxygens (including phenoxy) is 3. The summed E-state index contributed by atoms with van der Waals surface area (Å²) in [5, 5.41) is 2.96. The maximum atomic E-state index is 13.8. The number of benzene rings is 3. The third-order valence-electron chi connectivity index (χ3n) is 6.17. The van der Waals surface area contributed by atoms with Crippen LogP contribution in [0.3, 0.4) is 0 Å². The van der Waals surface area contributed by atoms with Crippen LogP contribution in [0.25, 0.3) is 0 Å². The average molecular weight is 523 g/mol. The Morgan fingerprint density at radius 1 is 0.868 bits per heavy atom. The lowest BCUT2D eigenvalue weighted by molar-refractivity contribution is -0.140. The molecule has 0 aliphatic carbocycles. The van der Waals surface area contributed by atoms with Crippen LogP contribution in [0.15, 0.2) is 72.8 Å². The zero-order valence-corrected chi connectivity index (χ0v) is 22.1. The number of hydrogen-bond donors (Lipinski definition) is 1. The molecule has 0 saturated carbocycles. The second kappa shape index (κ2) is 14.7. The van der Waals surface area contributed by atoms with Crippen molar-refractivity contribution in [2.24, 2.45) is 0 Å². The van der Waals surface area contributed by atoms with Crippen molar-refractivity contribution in [2.45, 2.75) is 31.8 Å². The molecule has 0 radical (unpaired) electrons. The summed E-state index contributed by atoms with van der Waals surface area (Å²) in [5.41, 5.74) is 2.36. The van der Waals surface area contributed by atoms with Gasteiger partial charge in [-0.3, -0.25) is 9.59 Å². The van der Waals surface area contributed by atoms with Gasteiger partial charge < -0.3 is 24.4 Å². The lowest BCUT2D eigenvalue weighted by atomic mass is 10.0. The van der Waals surface area contributed by atoms with E-state index in [1.165, 1.54) is 19.2 Å². The molecular weight excluding hydrogens is 487 g/mol. The SMILES string of the molecule is COCCCNC(=O)[C@H](Cc1ccccc1)N(Cc1ccc(F)cc1)C(=O)Cc1ccc(OC)c(OC)c1. The number of halogens is 1. The monoisotopic (exact) mass is 522 g/mol. The van der Waals surface area contributed by atoms with Crippen molar-refractivity contribution in [3.8, 4) is 11.5 Å². The maximum Gasteiger partial charge on any atom is 0.243 e. The quantitative estimate of drug-likeness (QED) is 0.322. The molecule has 3 aromatic carbocycles. The summed E-state index contributed by atoms with van der Waals surface area (Å²) in [4.78, 5) is 28.9. The van der Waals surface area contributed by atoms with Crippen molar-refractivity contribution in [1.82, 2.24) is 10.2 Å². The summed E-state index contributed by atoms with van der Waals surface area (Å²) in [6, 6.07) is 20.0. The minimum absolute atomic E-state index is 0.0454. The highest BCUT2D eigenvalue weighted by Crippen LogP contribution is 2.28. The molecule has 2 amide bonds. The van der Waals surface area contributed by atoms with Crippen LogP contribution in [0.4, 0.5) is 4.39 Å². The van der Waals surface area contributed by atoms with Gasteiger partial charge in [-0.25, -0.2) is 4.39 Å². The lowest BCUT2D eigenvalue weighted by Gasteiger charge is -2.32. The normalized spacial score (nSPS) is 11.5. The van der Waals surface area contributed by atoms with E-state index in [2.05, 4.69) is 5.32 Å². The van der Waals surface area contributed by atoms with Crippen molar-refractivity contribution in [2.75, 3.05) is 34.5 Å². The van der Waals surface area contributed by atoms with Crippen LogP contribution >= 0.6 is 0 Å². The van der Waals surface area contributed by atoms with Crippen molar-refractivity contribution in [3.05, 3.63) is 95.3 Å². The predicted molar refractivity (Wildman–Crippen MR) is 144 cm³/mol. The molecule has 1 atom stereocenters. The molecule has 8 heteroatoms. The van der Waals surface area contributed by atoms with Crippen molar-refractivity contribution >= 4 is 11.8 Å². The van der Waals surface area contributed by atoms with Crippen LogP contribution in [0, 0.1) is 5.82 Å². The van der Waals surface area contributed by atoms with Crippen LogP contribution in [-0.4, -0.2) is 57.2 Å². The third-order valence-corrected chi connectivity index (χ3v) is 6.17. The van der Waals surface area contributed by atoms with Crippen LogP contribution in [-0.2, 0) is 33.7 Å². The first-order valence-corrected chi connectivity index (χ1v) is 12.5. The van der Waals surface area contributed by atoms with Gasteiger partial charge >= 0.3 is 0 Å². The van der Waals surface area contributed by atoms with E-state index < -0.39 is 6.04 Å². The van der Waals surface area contributed by atoms with Crippen molar-refractivity contribution in [1.29, 1.82) is 0 Å². The summed E-state index contributed by atoms with van der Waals surface area (Å²) in [6.45, 7) is 1.09. The Labute approximate surface area is 223 Å². The molecule has 3 rings (SSSR count). The van der Waals surface area contributed by atoms with E-state index >= 15 is 0 Å². The van der Waals surface area contributed by atoms with Gasteiger partial charge in [0.05, 0.1) is 20.6 Å². The molecule has 0 fully saturated rings. The molecule has 3 aromatic rings. The van der Waals surface area contributed by atoms with Gasteiger partial charge in [-0.2, -0.15) is 0 Å². The minimum atomic E-state index is -0.780. The molecule has 0 saturated heterocycles. The predicted octanol–water partition coefficient (Wildman–Crippen LogP) is 4.18. The van der Waals surface area contributed by atoms with Gasteiger partial charge in [-0.05, 0) is 47.4 Å². The molecule has 1 N–H and O–H groups in total. The number of carbonyl (C=O) groups is 2. The minimum Gasteiger partial charge on any atom is -0.493 e. The lowest BCUT2D eigenvalue weighted by Crippen LogP contribution is -2.51. The molecule has 0 aliphatic heterocycles.